The second-order valence-electron chi connectivity index (χ2n) is 6.10. The molecule has 2 aliphatic heterocycles. The van der Waals surface area contributed by atoms with Crippen molar-refractivity contribution in [1.29, 1.82) is 0 Å². The van der Waals surface area contributed by atoms with Crippen LogP contribution in [0.5, 0.6) is 23.0 Å². The molecule has 0 spiro atoms. The standard InChI is InChI=1S/C18H15NO5/c1-22-17-10(20)3-2-9-13(17)14-12-8(4-5-19-15(12)16(9)21)6-11-18(14)24-7-23-11/h2-3,6,15,19-20H,4-5,7H2,1H3. The molecule has 2 aromatic carbocycles. The lowest BCUT2D eigenvalue weighted by atomic mass is 9.76. The summed E-state index contributed by atoms with van der Waals surface area (Å²) in [4.78, 5) is 13.0. The monoisotopic (exact) mass is 325 g/mol. The number of ketones is 1. The Labute approximate surface area is 138 Å². The Kier molecular flexibility index (Phi) is 2.65. The SMILES string of the molecule is COc1c(O)ccc2c1-c1c3c(cc4c1C(NCC4)C2=O)OCO3. The zero-order valence-corrected chi connectivity index (χ0v) is 13.0. The Morgan fingerprint density at radius 1 is 1.29 bits per heavy atom. The first-order valence-corrected chi connectivity index (χ1v) is 7.84. The lowest BCUT2D eigenvalue weighted by Gasteiger charge is -2.34. The van der Waals surface area contributed by atoms with E-state index in [9.17, 15) is 9.90 Å². The summed E-state index contributed by atoms with van der Waals surface area (Å²) in [7, 11) is 1.48. The number of carbonyl (C=O) groups is 1. The van der Waals surface area contributed by atoms with Crippen molar-refractivity contribution in [2.75, 3.05) is 20.4 Å². The van der Waals surface area contributed by atoms with E-state index in [1.165, 1.54) is 13.2 Å². The van der Waals surface area contributed by atoms with Gasteiger partial charge in [0.15, 0.2) is 28.8 Å². The molecule has 0 radical (unpaired) electrons. The third-order valence-corrected chi connectivity index (χ3v) is 4.94. The number of Topliss-reactive ketones (excluding diaryl/α,β-unsaturated/α-hetero) is 1. The largest absolute Gasteiger partial charge is 0.504 e. The molecular weight excluding hydrogens is 310 g/mol. The molecule has 0 amide bonds. The summed E-state index contributed by atoms with van der Waals surface area (Å²) in [6, 6.07) is 4.69. The second-order valence-corrected chi connectivity index (χ2v) is 6.10. The Bertz CT molecular complexity index is 905. The lowest BCUT2D eigenvalue weighted by molar-refractivity contribution is 0.0937. The van der Waals surface area contributed by atoms with E-state index in [4.69, 9.17) is 14.2 Å². The van der Waals surface area contributed by atoms with Crippen molar-refractivity contribution < 1.29 is 24.1 Å². The average Bonchev–Trinajstić information content (AvgIpc) is 3.06. The minimum Gasteiger partial charge on any atom is -0.504 e. The topological polar surface area (TPSA) is 77.0 Å². The molecule has 1 unspecified atom stereocenters. The van der Waals surface area contributed by atoms with Gasteiger partial charge in [0.25, 0.3) is 0 Å². The van der Waals surface area contributed by atoms with E-state index < -0.39 is 6.04 Å². The van der Waals surface area contributed by atoms with Crippen molar-refractivity contribution in [2.24, 2.45) is 0 Å². The molecule has 0 saturated carbocycles. The smallest absolute Gasteiger partial charge is 0.231 e. The summed E-state index contributed by atoms with van der Waals surface area (Å²) in [6.45, 7) is 0.876. The molecule has 2 aromatic rings. The van der Waals surface area contributed by atoms with Crippen molar-refractivity contribution >= 4 is 5.78 Å². The van der Waals surface area contributed by atoms with E-state index in [2.05, 4.69) is 5.32 Å². The lowest BCUT2D eigenvalue weighted by Crippen LogP contribution is -2.38. The number of carbonyl (C=O) groups excluding carboxylic acids is 1. The fourth-order valence-electron chi connectivity index (χ4n) is 3.96. The highest BCUT2D eigenvalue weighted by Gasteiger charge is 2.41. The van der Waals surface area contributed by atoms with Gasteiger partial charge in [-0.05, 0) is 35.7 Å². The summed E-state index contributed by atoms with van der Waals surface area (Å²) in [5, 5.41) is 13.5. The third-order valence-electron chi connectivity index (χ3n) is 4.94. The van der Waals surface area contributed by atoms with E-state index in [-0.39, 0.29) is 24.1 Å². The molecule has 6 heteroatoms. The third kappa shape index (κ3) is 1.56. The highest BCUT2D eigenvalue weighted by atomic mass is 16.7. The zero-order valence-electron chi connectivity index (χ0n) is 13.0. The van der Waals surface area contributed by atoms with Crippen molar-refractivity contribution in [2.45, 2.75) is 12.5 Å². The van der Waals surface area contributed by atoms with Gasteiger partial charge in [-0.1, -0.05) is 0 Å². The number of fused-ring (bicyclic) bond motifs is 4. The Morgan fingerprint density at radius 2 is 2.17 bits per heavy atom. The van der Waals surface area contributed by atoms with E-state index in [1.54, 1.807) is 6.07 Å². The number of hydrogen-bond donors (Lipinski definition) is 2. The van der Waals surface area contributed by atoms with Gasteiger partial charge in [-0.25, -0.2) is 0 Å². The molecule has 1 aliphatic carbocycles. The van der Waals surface area contributed by atoms with Gasteiger partial charge in [0.05, 0.1) is 13.2 Å². The van der Waals surface area contributed by atoms with Crippen molar-refractivity contribution in [3.63, 3.8) is 0 Å². The molecule has 1 atom stereocenters. The van der Waals surface area contributed by atoms with Crippen molar-refractivity contribution in [1.82, 2.24) is 5.32 Å². The summed E-state index contributed by atoms with van der Waals surface area (Å²) in [5.41, 5.74) is 3.88. The summed E-state index contributed by atoms with van der Waals surface area (Å²) in [6.07, 6.45) is 0.805. The molecule has 0 bridgehead atoms. The molecule has 24 heavy (non-hydrogen) atoms. The number of phenols is 1. The van der Waals surface area contributed by atoms with E-state index >= 15 is 0 Å². The average molecular weight is 325 g/mol. The molecule has 2 N–H and O–H groups in total. The van der Waals surface area contributed by atoms with Crippen LogP contribution in [-0.2, 0) is 6.42 Å². The number of rotatable bonds is 1. The van der Waals surface area contributed by atoms with Gasteiger partial charge < -0.3 is 24.6 Å². The number of aromatic hydroxyl groups is 1. The van der Waals surface area contributed by atoms with E-state index in [0.29, 0.717) is 22.6 Å². The van der Waals surface area contributed by atoms with Crippen LogP contribution in [0.4, 0.5) is 0 Å². The highest BCUT2D eigenvalue weighted by molar-refractivity contribution is 6.13. The summed E-state index contributed by atoms with van der Waals surface area (Å²) in [5.74, 6) is 1.55. The number of methoxy groups -OCH3 is 1. The van der Waals surface area contributed by atoms with Crippen LogP contribution in [0.15, 0.2) is 18.2 Å². The molecular formula is C18H15NO5. The van der Waals surface area contributed by atoms with E-state index in [1.807, 2.05) is 6.07 Å². The maximum Gasteiger partial charge on any atom is 0.231 e. The van der Waals surface area contributed by atoms with Crippen LogP contribution in [0, 0.1) is 0 Å². The first kappa shape index (κ1) is 13.7. The maximum absolute atomic E-state index is 13.0. The van der Waals surface area contributed by atoms with E-state index in [0.717, 1.165) is 29.7 Å². The predicted molar refractivity (Wildman–Crippen MR) is 85.0 cm³/mol. The zero-order chi connectivity index (χ0) is 16.4. The van der Waals surface area contributed by atoms with Gasteiger partial charge in [0.1, 0.15) is 0 Å². The first-order valence-electron chi connectivity index (χ1n) is 7.84. The fourth-order valence-corrected chi connectivity index (χ4v) is 3.96. The molecule has 5 rings (SSSR count). The molecule has 3 aliphatic rings. The van der Waals surface area contributed by atoms with Crippen LogP contribution in [0.3, 0.4) is 0 Å². The molecule has 6 nitrogen and oxygen atoms in total. The van der Waals surface area contributed by atoms with Crippen LogP contribution in [0.2, 0.25) is 0 Å². The van der Waals surface area contributed by atoms with Crippen LogP contribution in [0.25, 0.3) is 11.1 Å². The van der Waals surface area contributed by atoms with Crippen LogP contribution in [0.1, 0.15) is 27.5 Å². The second kappa shape index (κ2) is 4.64. The van der Waals surface area contributed by atoms with Crippen molar-refractivity contribution in [3.05, 3.63) is 34.9 Å². The molecule has 0 fully saturated rings. The maximum atomic E-state index is 13.0. The Balaban J connectivity index is 1.95. The molecule has 0 saturated heterocycles. The van der Waals surface area contributed by atoms with Gasteiger partial charge in [0, 0.05) is 23.2 Å². The fraction of sp³-hybridized carbons (Fsp3) is 0.278. The van der Waals surface area contributed by atoms with Gasteiger partial charge in [-0.3, -0.25) is 4.79 Å². The Hall–Kier alpha value is -2.73. The van der Waals surface area contributed by atoms with Gasteiger partial charge >= 0.3 is 0 Å². The normalized spacial score (nSPS) is 19.7. The highest BCUT2D eigenvalue weighted by Crippen LogP contribution is 2.55. The van der Waals surface area contributed by atoms with Gasteiger partial charge in [-0.15, -0.1) is 0 Å². The molecule has 2 heterocycles. The molecule has 0 aromatic heterocycles. The number of ether oxygens (including phenoxy) is 3. The number of benzene rings is 2. The van der Waals surface area contributed by atoms with Crippen LogP contribution >= 0.6 is 0 Å². The Morgan fingerprint density at radius 3 is 3.00 bits per heavy atom. The van der Waals surface area contributed by atoms with Crippen molar-refractivity contribution in [3.8, 4) is 34.1 Å². The predicted octanol–water partition coefficient (Wildman–Crippen LogP) is 2.18. The van der Waals surface area contributed by atoms with Crippen LogP contribution < -0.4 is 19.5 Å². The number of phenolic OH excluding ortho intramolecular Hbond substituents is 1. The first-order chi connectivity index (χ1) is 11.7. The summed E-state index contributed by atoms with van der Waals surface area (Å²) < 4.78 is 16.7. The minimum atomic E-state index is -0.403. The molecule has 122 valence electrons. The number of hydrogen-bond acceptors (Lipinski definition) is 6. The quantitative estimate of drug-likeness (QED) is 0.837. The van der Waals surface area contributed by atoms with Gasteiger partial charge in [-0.2, -0.15) is 0 Å². The minimum absolute atomic E-state index is 0.00321. The van der Waals surface area contributed by atoms with Crippen LogP contribution in [-0.4, -0.2) is 31.3 Å². The number of nitrogens with one attached hydrogen (secondary N) is 1. The van der Waals surface area contributed by atoms with Gasteiger partial charge in [0.2, 0.25) is 6.79 Å². The summed E-state index contributed by atoms with van der Waals surface area (Å²) >= 11 is 0.